The van der Waals surface area contributed by atoms with Crippen molar-refractivity contribution in [3.05, 3.63) is 0 Å². The minimum Gasteiger partial charge on any atom is -0.463 e. The van der Waals surface area contributed by atoms with Crippen LogP contribution in [0.25, 0.3) is 0 Å². The van der Waals surface area contributed by atoms with Crippen LogP contribution in [0.4, 0.5) is 0 Å². The van der Waals surface area contributed by atoms with Gasteiger partial charge in [-0.15, -0.1) is 0 Å². The molecule has 7 nitrogen and oxygen atoms in total. The molecule has 0 radical (unpaired) electrons. The molecule has 1 rings (SSSR count). The number of hydrogen-bond donors (Lipinski definition) is 1. The number of hydrogen-bond acceptors (Lipinski definition) is 7. The van der Waals surface area contributed by atoms with Crippen molar-refractivity contribution < 1.29 is 33.6 Å². The Labute approximate surface area is 201 Å². The van der Waals surface area contributed by atoms with Crippen LogP contribution in [0.2, 0.25) is 0 Å². The Morgan fingerprint density at radius 2 is 1.15 bits per heavy atom. The van der Waals surface area contributed by atoms with Gasteiger partial charge >= 0.3 is 5.97 Å². The third-order valence-electron chi connectivity index (χ3n) is 5.98. The number of esters is 1. The molecule has 0 aromatic rings. The summed E-state index contributed by atoms with van der Waals surface area (Å²) < 4.78 is 29.7. The van der Waals surface area contributed by atoms with Gasteiger partial charge in [0.25, 0.3) is 0 Å². The average molecular weight is 475 g/mol. The van der Waals surface area contributed by atoms with Gasteiger partial charge in [0.2, 0.25) is 0 Å². The number of aliphatic hydroxyl groups excluding tert-OH is 1. The molecular weight excluding hydrogens is 424 g/mol. The van der Waals surface area contributed by atoms with E-state index in [1.807, 2.05) is 0 Å². The quantitative estimate of drug-likeness (QED) is 0.193. The molecule has 33 heavy (non-hydrogen) atoms. The first kappa shape index (κ1) is 30.3. The van der Waals surface area contributed by atoms with Crippen molar-refractivity contribution in [1.82, 2.24) is 0 Å². The number of carbonyl (C=O) groups is 1. The summed E-state index contributed by atoms with van der Waals surface area (Å²) in [6.45, 7) is 9.60. The van der Waals surface area contributed by atoms with Crippen LogP contribution in [0, 0.1) is 0 Å². The highest BCUT2D eigenvalue weighted by atomic mass is 16.7. The van der Waals surface area contributed by atoms with Gasteiger partial charge in [-0.2, -0.15) is 0 Å². The highest BCUT2D eigenvalue weighted by molar-refractivity contribution is 5.65. The summed E-state index contributed by atoms with van der Waals surface area (Å²) in [5, 5.41) is 10.8. The standard InChI is InChI=1S/C26H50O7/c1-5-8-11-14-17-29-23-22(20-32-21(4)27)33-26(28)25(31-19-16-13-10-7-3)24(23)30-18-15-12-9-6-2/h22-26,28H,5-20H2,1-4H3/t22-,23-,24+,25-,26?/m1/s1. The molecule has 1 heterocycles. The Balaban J connectivity index is 2.86. The highest BCUT2D eigenvalue weighted by Gasteiger charge is 2.48. The summed E-state index contributed by atoms with van der Waals surface area (Å²) in [5.74, 6) is -0.388. The molecule has 7 heteroatoms. The Hall–Kier alpha value is -0.730. The van der Waals surface area contributed by atoms with E-state index >= 15 is 0 Å². The number of unbranched alkanes of at least 4 members (excludes halogenated alkanes) is 9. The lowest BCUT2D eigenvalue weighted by Crippen LogP contribution is -2.61. The minimum atomic E-state index is -1.16. The van der Waals surface area contributed by atoms with Crippen LogP contribution in [0.3, 0.4) is 0 Å². The number of rotatable bonds is 20. The minimum absolute atomic E-state index is 0.0188. The second kappa shape index (κ2) is 19.6. The predicted molar refractivity (Wildman–Crippen MR) is 129 cm³/mol. The van der Waals surface area contributed by atoms with Crippen LogP contribution in [0.1, 0.15) is 105 Å². The van der Waals surface area contributed by atoms with Crippen molar-refractivity contribution in [1.29, 1.82) is 0 Å². The molecule has 0 saturated carbocycles. The lowest BCUT2D eigenvalue weighted by atomic mass is 9.98. The Bertz CT molecular complexity index is 474. The second-order valence-corrected chi connectivity index (χ2v) is 9.06. The fraction of sp³-hybridized carbons (Fsp3) is 0.962. The predicted octanol–water partition coefficient (Wildman–Crippen LogP) is 5.16. The molecule has 0 amide bonds. The zero-order chi connectivity index (χ0) is 24.3. The molecule has 1 aliphatic heterocycles. The SMILES string of the molecule is CCCCCCO[C@H]1[C@H](OCCCCCC)[C@@H](OCCCCCC)C(O)O[C@@H]1COC(C)=O. The van der Waals surface area contributed by atoms with Gasteiger partial charge in [0, 0.05) is 26.7 Å². The van der Waals surface area contributed by atoms with Crippen LogP contribution in [0.15, 0.2) is 0 Å². The first-order valence-electron chi connectivity index (χ1n) is 13.4. The monoisotopic (exact) mass is 474 g/mol. The molecule has 1 N–H and O–H groups in total. The summed E-state index contributed by atoms with van der Waals surface area (Å²) in [7, 11) is 0. The zero-order valence-corrected chi connectivity index (χ0v) is 21.6. The second-order valence-electron chi connectivity index (χ2n) is 9.06. The maximum atomic E-state index is 11.4. The Kier molecular flexibility index (Phi) is 18.0. The fourth-order valence-corrected chi connectivity index (χ4v) is 4.04. The molecule has 0 aliphatic carbocycles. The molecule has 1 fully saturated rings. The largest absolute Gasteiger partial charge is 0.463 e. The van der Waals surface area contributed by atoms with Crippen LogP contribution >= 0.6 is 0 Å². The molecule has 0 aromatic heterocycles. The topological polar surface area (TPSA) is 83.5 Å². The van der Waals surface area contributed by atoms with Crippen molar-refractivity contribution in [2.75, 3.05) is 26.4 Å². The van der Waals surface area contributed by atoms with Crippen molar-refractivity contribution in [2.45, 2.75) is 135 Å². The molecule has 0 bridgehead atoms. The van der Waals surface area contributed by atoms with Gasteiger partial charge in [-0.25, -0.2) is 0 Å². The molecular formula is C26H50O7. The average Bonchev–Trinajstić information content (AvgIpc) is 2.79. The van der Waals surface area contributed by atoms with E-state index in [4.69, 9.17) is 23.7 Å². The molecule has 0 spiro atoms. The zero-order valence-electron chi connectivity index (χ0n) is 21.6. The van der Waals surface area contributed by atoms with Gasteiger partial charge in [-0.3, -0.25) is 4.79 Å². The van der Waals surface area contributed by atoms with E-state index in [2.05, 4.69) is 20.8 Å². The van der Waals surface area contributed by atoms with Crippen LogP contribution in [-0.4, -0.2) is 68.2 Å². The van der Waals surface area contributed by atoms with E-state index in [9.17, 15) is 9.90 Å². The third kappa shape index (κ3) is 13.1. The first-order valence-corrected chi connectivity index (χ1v) is 13.4. The van der Waals surface area contributed by atoms with E-state index in [1.165, 1.54) is 26.2 Å². The Morgan fingerprint density at radius 3 is 1.61 bits per heavy atom. The lowest BCUT2D eigenvalue weighted by Gasteiger charge is -2.44. The Morgan fingerprint density at radius 1 is 0.697 bits per heavy atom. The van der Waals surface area contributed by atoms with E-state index in [0.717, 1.165) is 57.8 Å². The van der Waals surface area contributed by atoms with Crippen molar-refractivity contribution in [2.24, 2.45) is 0 Å². The normalized spacial score (nSPS) is 25.3. The lowest BCUT2D eigenvalue weighted by molar-refractivity contribution is -0.311. The van der Waals surface area contributed by atoms with Crippen LogP contribution in [-0.2, 0) is 28.5 Å². The molecule has 0 aromatic carbocycles. The highest BCUT2D eigenvalue weighted by Crippen LogP contribution is 2.28. The first-order chi connectivity index (χ1) is 16.0. The van der Waals surface area contributed by atoms with Gasteiger partial charge < -0.3 is 28.8 Å². The van der Waals surface area contributed by atoms with E-state index < -0.39 is 30.7 Å². The van der Waals surface area contributed by atoms with E-state index in [0.29, 0.717) is 19.8 Å². The van der Waals surface area contributed by atoms with Gasteiger partial charge in [0.1, 0.15) is 31.0 Å². The maximum absolute atomic E-state index is 11.4. The summed E-state index contributed by atoms with van der Waals surface area (Å²) in [4.78, 5) is 11.4. The van der Waals surface area contributed by atoms with Gasteiger partial charge in [-0.05, 0) is 19.3 Å². The van der Waals surface area contributed by atoms with Gasteiger partial charge in [0.05, 0.1) is 0 Å². The van der Waals surface area contributed by atoms with Gasteiger partial charge in [-0.1, -0.05) is 78.6 Å². The molecule has 1 aliphatic rings. The number of carbonyl (C=O) groups excluding carboxylic acids is 1. The van der Waals surface area contributed by atoms with Crippen molar-refractivity contribution in [3.63, 3.8) is 0 Å². The summed E-state index contributed by atoms with van der Waals surface area (Å²) in [6.07, 6.45) is 9.75. The molecule has 1 saturated heterocycles. The molecule has 196 valence electrons. The summed E-state index contributed by atoms with van der Waals surface area (Å²) in [6, 6.07) is 0. The fourth-order valence-electron chi connectivity index (χ4n) is 4.04. The van der Waals surface area contributed by atoms with E-state index in [1.54, 1.807) is 0 Å². The number of ether oxygens (including phenoxy) is 5. The molecule has 5 atom stereocenters. The molecule has 1 unspecified atom stereocenters. The summed E-state index contributed by atoms with van der Waals surface area (Å²) in [5.41, 5.74) is 0. The third-order valence-corrected chi connectivity index (χ3v) is 5.98. The van der Waals surface area contributed by atoms with Crippen molar-refractivity contribution in [3.8, 4) is 0 Å². The maximum Gasteiger partial charge on any atom is 0.302 e. The smallest absolute Gasteiger partial charge is 0.302 e. The van der Waals surface area contributed by atoms with Crippen molar-refractivity contribution >= 4 is 5.97 Å². The van der Waals surface area contributed by atoms with Gasteiger partial charge in [0.15, 0.2) is 6.29 Å². The van der Waals surface area contributed by atoms with Crippen LogP contribution in [0.5, 0.6) is 0 Å². The number of aliphatic hydroxyl groups is 1. The van der Waals surface area contributed by atoms with E-state index in [-0.39, 0.29) is 12.6 Å². The van der Waals surface area contributed by atoms with Crippen LogP contribution < -0.4 is 0 Å². The summed E-state index contributed by atoms with van der Waals surface area (Å²) >= 11 is 0.